The van der Waals surface area contributed by atoms with Crippen molar-refractivity contribution in [3.05, 3.63) is 58.7 Å². The number of anilines is 1. The Kier molecular flexibility index (Phi) is 10.7. The van der Waals surface area contributed by atoms with Crippen molar-refractivity contribution in [1.29, 1.82) is 0 Å². The first kappa shape index (κ1) is 24.7. The number of guanidine groups is 1. The summed E-state index contributed by atoms with van der Waals surface area (Å²) in [6.45, 7) is 8.86. The highest BCUT2D eigenvalue weighted by Crippen LogP contribution is 2.16. The van der Waals surface area contributed by atoms with Crippen molar-refractivity contribution in [3.63, 3.8) is 0 Å². The zero-order valence-corrected chi connectivity index (χ0v) is 20.7. The first-order valence-corrected chi connectivity index (χ1v) is 10.6. The van der Waals surface area contributed by atoms with E-state index in [2.05, 4.69) is 57.6 Å². The molecule has 30 heavy (non-hydrogen) atoms. The van der Waals surface area contributed by atoms with Gasteiger partial charge in [-0.3, -0.25) is 0 Å². The third kappa shape index (κ3) is 7.92. The van der Waals surface area contributed by atoms with Crippen molar-refractivity contribution in [2.24, 2.45) is 4.99 Å². The highest BCUT2D eigenvalue weighted by atomic mass is 127. The zero-order valence-electron chi connectivity index (χ0n) is 17.6. The molecule has 1 unspecified atom stereocenters. The summed E-state index contributed by atoms with van der Waals surface area (Å²) in [4.78, 5) is 11.6. The summed E-state index contributed by atoms with van der Waals surface area (Å²) in [5.74, 6) is 1.81. The smallest absolute Gasteiger partial charge is 0.191 e. The number of nitrogens with one attached hydrogen (secondary N) is 2. The first-order valence-electron chi connectivity index (χ1n) is 10.2. The lowest BCUT2D eigenvalue weighted by molar-refractivity contribution is 0.0529. The van der Waals surface area contributed by atoms with Crippen LogP contribution < -0.4 is 15.5 Å². The van der Waals surface area contributed by atoms with Crippen LogP contribution in [0.2, 0.25) is 5.02 Å². The van der Waals surface area contributed by atoms with Gasteiger partial charge in [0.15, 0.2) is 5.96 Å². The van der Waals surface area contributed by atoms with Crippen LogP contribution in [0.15, 0.2) is 47.6 Å². The number of morpholine rings is 1. The molecular weight excluding hydrogens is 513 g/mol. The van der Waals surface area contributed by atoms with Crippen molar-refractivity contribution >= 4 is 47.4 Å². The summed E-state index contributed by atoms with van der Waals surface area (Å²) in [5.41, 5.74) is 2.29. The van der Waals surface area contributed by atoms with Gasteiger partial charge in [-0.05, 0) is 49.6 Å². The van der Waals surface area contributed by atoms with Crippen molar-refractivity contribution in [1.82, 2.24) is 15.6 Å². The predicted octanol–water partition coefficient (Wildman–Crippen LogP) is 3.88. The van der Waals surface area contributed by atoms with E-state index in [1.165, 1.54) is 5.56 Å². The number of hydrogen-bond donors (Lipinski definition) is 2. The highest BCUT2D eigenvalue weighted by Gasteiger charge is 2.17. The number of ether oxygens (including phenoxy) is 1. The molecule has 3 rings (SSSR count). The minimum Gasteiger partial charge on any atom is -0.375 e. The lowest BCUT2D eigenvalue weighted by Gasteiger charge is -2.32. The molecule has 6 nitrogen and oxygen atoms in total. The van der Waals surface area contributed by atoms with Crippen LogP contribution in [0.3, 0.4) is 0 Å². The molecule has 0 radical (unpaired) electrons. The quantitative estimate of drug-likeness (QED) is 0.315. The van der Waals surface area contributed by atoms with Crippen LogP contribution in [-0.2, 0) is 17.7 Å². The number of benzene rings is 1. The number of hydrogen-bond acceptors (Lipinski definition) is 4. The van der Waals surface area contributed by atoms with E-state index in [1.807, 2.05) is 24.4 Å². The Balaban J connectivity index is 0.00000320. The Morgan fingerprint density at radius 2 is 2.13 bits per heavy atom. The molecule has 0 aliphatic carbocycles. The molecule has 1 aromatic carbocycles. The number of aromatic nitrogens is 1. The van der Waals surface area contributed by atoms with Gasteiger partial charge in [-0.2, -0.15) is 0 Å². The van der Waals surface area contributed by atoms with Gasteiger partial charge in [-0.25, -0.2) is 9.98 Å². The molecular formula is C22H31ClIN5O. The van der Waals surface area contributed by atoms with Gasteiger partial charge in [0, 0.05) is 37.4 Å². The molecule has 2 heterocycles. The second kappa shape index (κ2) is 13.0. The molecule has 0 spiro atoms. The summed E-state index contributed by atoms with van der Waals surface area (Å²) in [6.07, 6.45) is 3.05. The maximum Gasteiger partial charge on any atom is 0.191 e. The zero-order chi connectivity index (χ0) is 20.5. The summed E-state index contributed by atoms with van der Waals surface area (Å²) >= 11 is 6.05. The van der Waals surface area contributed by atoms with Crippen LogP contribution in [-0.4, -0.2) is 49.8 Å². The SMILES string of the molecule is CCNC(=NCc1ccc(N2CCOC(C)C2)nc1)NCCc1cccc(Cl)c1.I. The van der Waals surface area contributed by atoms with Gasteiger partial charge in [0.1, 0.15) is 5.82 Å². The molecule has 8 heteroatoms. The molecule has 0 amide bonds. The van der Waals surface area contributed by atoms with E-state index in [0.717, 1.165) is 61.6 Å². The van der Waals surface area contributed by atoms with Crippen molar-refractivity contribution in [2.45, 2.75) is 32.9 Å². The van der Waals surface area contributed by atoms with E-state index >= 15 is 0 Å². The second-order valence-electron chi connectivity index (χ2n) is 7.15. The molecule has 0 saturated carbocycles. The third-order valence-electron chi connectivity index (χ3n) is 4.73. The number of aliphatic imine (C=N–C) groups is 1. The summed E-state index contributed by atoms with van der Waals surface area (Å²) < 4.78 is 5.60. The monoisotopic (exact) mass is 543 g/mol. The molecule has 2 aromatic rings. The van der Waals surface area contributed by atoms with E-state index in [1.54, 1.807) is 0 Å². The van der Waals surface area contributed by atoms with Crippen LogP contribution in [0, 0.1) is 0 Å². The first-order chi connectivity index (χ1) is 14.1. The average molecular weight is 544 g/mol. The minimum absolute atomic E-state index is 0. The van der Waals surface area contributed by atoms with Crippen LogP contribution in [0.1, 0.15) is 25.0 Å². The minimum atomic E-state index is 0. The Hall–Kier alpha value is -1.58. The summed E-state index contributed by atoms with van der Waals surface area (Å²) in [7, 11) is 0. The fourth-order valence-electron chi connectivity index (χ4n) is 3.25. The van der Waals surface area contributed by atoms with Crippen molar-refractivity contribution in [2.75, 3.05) is 37.7 Å². The number of halogens is 2. The summed E-state index contributed by atoms with van der Waals surface area (Å²) in [6, 6.07) is 12.1. The molecule has 0 bridgehead atoms. The maximum absolute atomic E-state index is 6.05. The second-order valence-corrected chi connectivity index (χ2v) is 7.59. The molecule has 1 atom stereocenters. The lowest BCUT2D eigenvalue weighted by atomic mass is 10.1. The topological polar surface area (TPSA) is 61.8 Å². The normalized spacial score (nSPS) is 16.7. The molecule has 1 aromatic heterocycles. The molecule has 1 fully saturated rings. The molecule has 1 aliphatic heterocycles. The Morgan fingerprint density at radius 1 is 1.27 bits per heavy atom. The predicted molar refractivity (Wildman–Crippen MR) is 135 cm³/mol. The van der Waals surface area contributed by atoms with Crippen LogP contribution in [0.25, 0.3) is 0 Å². The van der Waals surface area contributed by atoms with Crippen LogP contribution in [0.4, 0.5) is 5.82 Å². The van der Waals surface area contributed by atoms with Crippen molar-refractivity contribution in [3.8, 4) is 0 Å². The van der Waals surface area contributed by atoms with Gasteiger partial charge in [0.2, 0.25) is 0 Å². The average Bonchev–Trinajstić information content (AvgIpc) is 2.72. The van der Waals surface area contributed by atoms with E-state index in [4.69, 9.17) is 16.3 Å². The van der Waals surface area contributed by atoms with Crippen LogP contribution >= 0.6 is 35.6 Å². The number of rotatable bonds is 7. The Bertz CT molecular complexity index is 802. The van der Waals surface area contributed by atoms with E-state index < -0.39 is 0 Å². The van der Waals surface area contributed by atoms with Gasteiger partial charge in [-0.1, -0.05) is 29.8 Å². The van der Waals surface area contributed by atoms with Crippen LogP contribution in [0.5, 0.6) is 0 Å². The van der Waals surface area contributed by atoms with Gasteiger partial charge in [0.25, 0.3) is 0 Å². The standard InChI is InChI=1S/C22H30ClN5O.HI/c1-3-24-22(25-10-9-18-5-4-6-20(23)13-18)27-15-19-7-8-21(26-14-19)28-11-12-29-17(2)16-28;/h4-8,13-14,17H,3,9-12,15-16H2,1-2H3,(H2,24,25,27);1H. The van der Waals surface area contributed by atoms with Crippen molar-refractivity contribution < 1.29 is 4.74 Å². The van der Waals surface area contributed by atoms with Gasteiger partial charge >= 0.3 is 0 Å². The third-order valence-corrected chi connectivity index (χ3v) is 4.97. The van der Waals surface area contributed by atoms with E-state index in [-0.39, 0.29) is 30.1 Å². The highest BCUT2D eigenvalue weighted by molar-refractivity contribution is 14.0. The molecule has 1 aliphatic rings. The number of nitrogens with zero attached hydrogens (tertiary/aromatic N) is 3. The van der Waals surface area contributed by atoms with Gasteiger partial charge in [0.05, 0.1) is 19.3 Å². The molecule has 2 N–H and O–H groups in total. The fraction of sp³-hybridized carbons (Fsp3) is 0.455. The Morgan fingerprint density at radius 3 is 2.83 bits per heavy atom. The Labute approximate surface area is 201 Å². The number of pyridine rings is 1. The van der Waals surface area contributed by atoms with Gasteiger partial charge in [-0.15, -0.1) is 24.0 Å². The summed E-state index contributed by atoms with van der Waals surface area (Å²) in [5, 5.41) is 7.44. The van der Waals surface area contributed by atoms with Gasteiger partial charge < -0.3 is 20.3 Å². The van der Waals surface area contributed by atoms with E-state index in [0.29, 0.717) is 6.54 Å². The fourth-order valence-corrected chi connectivity index (χ4v) is 3.47. The molecule has 1 saturated heterocycles. The lowest BCUT2D eigenvalue weighted by Crippen LogP contribution is -2.41. The largest absolute Gasteiger partial charge is 0.375 e. The maximum atomic E-state index is 6.05. The molecule has 164 valence electrons. The van der Waals surface area contributed by atoms with E-state index in [9.17, 15) is 0 Å².